The van der Waals surface area contributed by atoms with E-state index in [0.717, 1.165) is 12.8 Å². The second kappa shape index (κ2) is 3.32. The third-order valence-corrected chi connectivity index (χ3v) is 3.81. The van der Waals surface area contributed by atoms with Gasteiger partial charge in [0.25, 0.3) is 0 Å². The predicted octanol–water partition coefficient (Wildman–Crippen LogP) is 0.362. The van der Waals surface area contributed by atoms with Gasteiger partial charge >= 0.3 is 5.97 Å². The van der Waals surface area contributed by atoms with Crippen molar-refractivity contribution in [2.75, 3.05) is 0 Å². The van der Waals surface area contributed by atoms with Crippen molar-refractivity contribution in [1.82, 2.24) is 0 Å². The van der Waals surface area contributed by atoms with Crippen molar-refractivity contribution in [1.29, 1.82) is 0 Å². The molecule has 2 aliphatic carbocycles. The molecule has 4 N–H and O–H groups in total. The largest absolute Gasteiger partial charge is 0.480 e. The normalized spacial score (nSPS) is 39.0. The van der Waals surface area contributed by atoms with Gasteiger partial charge in [0.05, 0.1) is 6.10 Å². The summed E-state index contributed by atoms with van der Waals surface area (Å²) in [5, 5.41) is 19.0. The van der Waals surface area contributed by atoms with Crippen molar-refractivity contribution in [2.24, 2.45) is 23.5 Å². The molecule has 4 nitrogen and oxygen atoms in total. The molecule has 4 heteroatoms. The number of carbonyl (C=O) groups is 1. The molecule has 2 bridgehead atoms. The first kappa shape index (κ1) is 10.6. The molecule has 0 aromatic heterocycles. The van der Waals surface area contributed by atoms with E-state index < -0.39 is 17.6 Å². The van der Waals surface area contributed by atoms with Crippen molar-refractivity contribution >= 4 is 5.97 Å². The molecule has 84 valence electrons. The number of hydrogen-bond donors (Lipinski definition) is 3. The van der Waals surface area contributed by atoms with Crippen LogP contribution < -0.4 is 5.73 Å². The highest BCUT2D eigenvalue weighted by Crippen LogP contribution is 2.46. The third kappa shape index (κ3) is 1.58. The molecular weight excluding hydrogens is 194 g/mol. The van der Waals surface area contributed by atoms with Crippen LogP contribution >= 0.6 is 0 Å². The number of fused-ring (bicyclic) bond motifs is 2. The lowest BCUT2D eigenvalue weighted by Crippen LogP contribution is -2.58. The van der Waals surface area contributed by atoms with Crippen LogP contribution in [-0.2, 0) is 4.79 Å². The molecule has 1 fully saturated rings. The van der Waals surface area contributed by atoms with Crippen LogP contribution in [0, 0.1) is 17.8 Å². The monoisotopic (exact) mass is 211 g/mol. The predicted molar refractivity (Wildman–Crippen MR) is 55.1 cm³/mol. The quantitative estimate of drug-likeness (QED) is 0.589. The number of allylic oxidation sites excluding steroid dienone is 2. The van der Waals surface area contributed by atoms with Crippen LogP contribution in [-0.4, -0.2) is 27.8 Å². The molecule has 0 aliphatic heterocycles. The first-order chi connectivity index (χ1) is 6.93. The third-order valence-electron chi connectivity index (χ3n) is 3.81. The number of aliphatic hydroxyl groups excluding tert-OH is 1. The van der Waals surface area contributed by atoms with Gasteiger partial charge in [-0.2, -0.15) is 0 Å². The molecule has 0 spiro atoms. The molecule has 2 aliphatic rings. The van der Waals surface area contributed by atoms with Crippen molar-refractivity contribution in [3.05, 3.63) is 12.2 Å². The van der Waals surface area contributed by atoms with E-state index in [1.165, 1.54) is 6.92 Å². The Morgan fingerprint density at radius 3 is 2.60 bits per heavy atom. The van der Waals surface area contributed by atoms with Gasteiger partial charge in [0.1, 0.15) is 5.54 Å². The molecule has 2 rings (SSSR count). The summed E-state index contributed by atoms with van der Waals surface area (Å²) in [4.78, 5) is 10.9. The van der Waals surface area contributed by atoms with E-state index in [2.05, 4.69) is 12.2 Å². The average molecular weight is 211 g/mol. The maximum absolute atomic E-state index is 10.9. The molecule has 5 atom stereocenters. The number of carboxylic acids is 1. The number of hydrogen-bond acceptors (Lipinski definition) is 3. The van der Waals surface area contributed by atoms with Crippen molar-refractivity contribution in [3.63, 3.8) is 0 Å². The van der Waals surface area contributed by atoms with Crippen LogP contribution in [0.1, 0.15) is 19.8 Å². The highest BCUT2D eigenvalue weighted by molar-refractivity contribution is 5.78. The highest BCUT2D eigenvalue weighted by Gasteiger charge is 2.48. The fourth-order valence-electron chi connectivity index (χ4n) is 2.76. The van der Waals surface area contributed by atoms with E-state index in [9.17, 15) is 9.90 Å². The number of nitrogens with two attached hydrogens (primary N) is 1. The summed E-state index contributed by atoms with van der Waals surface area (Å²) in [5.74, 6) is -0.306. The van der Waals surface area contributed by atoms with E-state index in [0.29, 0.717) is 11.8 Å². The first-order valence-electron chi connectivity index (χ1n) is 5.31. The molecule has 0 amide bonds. The SMILES string of the molecule is C[C@](N)(C(=O)O)[C@@H](O)C1CC2C=CC1C2. The zero-order chi connectivity index (χ0) is 11.2. The first-order valence-corrected chi connectivity index (χ1v) is 5.31. The zero-order valence-electron chi connectivity index (χ0n) is 8.76. The molecule has 3 unspecified atom stereocenters. The molecule has 0 heterocycles. The standard InChI is InChI=1S/C11H17NO3/c1-11(12,10(14)15)9(13)8-5-6-2-3-7(8)4-6/h2-3,6-9,13H,4-5,12H2,1H3,(H,14,15)/t6?,7?,8?,9-,11+/m0/s1. The summed E-state index contributed by atoms with van der Waals surface area (Å²) < 4.78 is 0. The minimum atomic E-state index is -1.54. The Balaban J connectivity index is 2.12. The zero-order valence-corrected chi connectivity index (χ0v) is 8.76. The molecule has 15 heavy (non-hydrogen) atoms. The summed E-state index contributed by atoms with van der Waals surface area (Å²) in [7, 11) is 0. The van der Waals surface area contributed by atoms with Crippen molar-refractivity contribution < 1.29 is 15.0 Å². The Morgan fingerprint density at radius 1 is 1.53 bits per heavy atom. The Kier molecular flexibility index (Phi) is 2.35. The van der Waals surface area contributed by atoms with Crippen LogP contribution in [0.15, 0.2) is 12.2 Å². The van der Waals surface area contributed by atoms with Crippen LogP contribution in [0.2, 0.25) is 0 Å². The molecule has 0 saturated heterocycles. The van der Waals surface area contributed by atoms with Crippen molar-refractivity contribution in [2.45, 2.75) is 31.4 Å². The van der Waals surface area contributed by atoms with Gasteiger partial charge in [0.2, 0.25) is 0 Å². The van der Waals surface area contributed by atoms with E-state index in [-0.39, 0.29) is 5.92 Å². The summed E-state index contributed by atoms with van der Waals surface area (Å²) in [6.07, 6.45) is 5.18. The van der Waals surface area contributed by atoms with Crippen molar-refractivity contribution in [3.8, 4) is 0 Å². The fraction of sp³-hybridized carbons (Fsp3) is 0.727. The van der Waals surface area contributed by atoms with Gasteiger partial charge in [-0.3, -0.25) is 4.79 Å². The lowest BCUT2D eigenvalue weighted by Gasteiger charge is -2.33. The van der Waals surface area contributed by atoms with E-state index in [1.807, 2.05) is 0 Å². The minimum Gasteiger partial charge on any atom is -0.480 e. The smallest absolute Gasteiger partial charge is 0.326 e. The highest BCUT2D eigenvalue weighted by atomic mass is 16.4. The maximum Gasteiger partial charge on any atom is 0.326 e. The lowest BCUT2D eigenvalue weighted by molar-refractivity contribution is -0.149. The average Bonchev–Trinajstić information content (AvgIpc) is 2.76. The summed E-state index contributed by atoms with van der Waals surface area (Å²) in [6, 6.07) is 0. The fourth-order valence-corrected chi connectivity index (χ4v) is 2.76. The van der Waals surface area contributed by atoms with Gasteiger partial charge in [0, 0.05) is 0 Å². The molecule has 0 radical (unpaired) electrons. The van der Waals surface area contributed by atoms with Gasteiger partial charge < -0.3 is 15.9 Å². The van der Waals surface area contributed by atoms with Gasteiger partial charge in [-0.05, 0) is 37.5 Å². The molecular formula is C11H17NO3. The number of rotatable bonds is 3. The van der Waals surface area contributed by atoms with Gasteiger partial charge in [0.15, 0.2) is 0 Å². The van der Waals surface area contributed by atoms with E-state index in [1.54, 1.807) is 0 Å². The van der Waals surface area contributed by atoms with E-state index >= 15 is 0 Å². The van der Waals surface area contributed by atoms with Crippen LogP contribution in [0.5, 0.6) is 0 Å². The summed E-state index contributed by atoms with van der Waals surface area (Å²) in [6.45, 7) is 1.38. The topological polar surface area (TPSA) is 83.6 Å². The Bertz CT molecular complexity index is 311. The van der Waals surface area contributed by atoms with Crippen LogP contribution in [0.3, 0.4) is 0 Å². The Morgan fingerprint density at radius 2 is 2.20 bits per heavy atom. The summed E-state index contributed by atoms with van der Waals surface area (Å²) in [5.41, 5.74) is 4.10. The van der Waals surface area contributed by atoms with Gasteiger partial charge in [-0.25, -0.2) is 0 Å². The summed E-state index contributed by atoms with van der Waals surface area (Å²) >= 11 is 0. The maximum atomic E-state index is 10.9. The Labute approximate surface area is 88.8 Å². The number of aliphatic carboxylic acids is 1. The van der Waals surface area contributed by atoms with Crippen LogP contribution in [0.25, 0.3) is 0 Å². The van der Waals surface area contributed by atoms with E-state index in [4.69, 9.17) is 10.8 Å². The number of aliphatic hydroxyl groups is 1. The van der Waals surface area contributed by atoms with Crippen LogP contribution in [0.4, 0.5) is 0 Å². The second-order valence-electron chi connectivity index (χ2n) is 4.98. The number of carboxylic acid groups (broad SMARTS) is 1. The Hall–Kier alpha value is -0.870. The van der Waals surface area contributed by atoms with Gasteiger partial charge in [-0.1, -0.05) is 12.2 Å². The molecule has 1 saturated carbocycles. The molecule has 0 aromatic rings. The minimum absolute atomic E-state index is 0.00565. The lowest BCUT2D eigenvalue weighted by atomic mass is 9.79. The van der Waals surface area contributed by atoms with Gasteiger partial charge in [-0.15, -0.1) is 0 Å². The second-order valence-corrected chi connectivity index (χ2v) is 4.98. The molecule has 0 aromatic carbocycles.